The number of pyridine rings is 1. The number of nitrogens with zero attached hydrogens (tertiary/aromatic N) is 1. The van der Waals surface area contributed by atoms with E-state index in [2.05, 4.69) is 18.8 Å². The highest BCUT2D eigenvalue weighted by atomic mass is 32.2. The van der Waals surface area contributed by atoms with Gasteiger partial charge in [0.2, 0.25) is 0 Å². The predicted molar refractivity (Wildman–Crippen MR) is 66.8 cm³/mol. The van der Waals surface area contributed by atoms with Gasteiger partial charge in [-0.15, -0.1) is 0 Å². The number of aromatic nitrogens is 1. The van der Waals surface area contributed by atoms with Crippen LogP contribution in [0.4, 0.5) is 0 Å². The smallest absolute Gasteiger partial charge is 0.354 e. The van der Waals surface area contributed by atoms with E-state index in [1.165, 1.54) is 12.5 Å². The fourth-order valence-corrected chi connectivity index (χ4v) is 2.29. The van der Waals surface area contributed by atoms with Gasteiger partial charge in [0.25, 0.3) is 0 Å². The summed E-state index contributed by atoms with van der Waals surface area (Å²) in [6, 6.07) is 5.14. The van der Waals surface area contributed by atoms with E-state index in [0.29, 0.717) is 5.92 Å². The van der Waals surface area contributed by atoms with Gasteiger partial charge in [-0.2, -0.15) is 11.8 Å². The van der Waals surface area contributed by atoms with Crippen LogP contribution in [0.15, 0.2) is 18.2 Å². The third-order valence-corrected chi connectivity index (χ3v) is 3.68. The largest absolute Gasteiger partial charge is 0.477 e. The van der Waals surface area contributed by atoms with E-state index in [9.17, 15) is 4.79 Å². The number of carbonyl (C=O) groups is 1. The Morgan fingerprint density at radius 3 is 2.94 bits per heavy atom. The van der Waals surface area contributed by atoms with Gasteiger partial charge in [0.1, 0.15) is 5.69 Å². The van der Waals surface area contributed by atoms with Gasteiger partial charge in [-0.05, 0) is 23.8 Å². The Morgan fingerprint density at radius 1 is 1.56 bits per heavy atom. The van der Waals surface area contributed by atoms with Crippen LogP contribution in [0.25, 0.3) is 0 Å². The molecule has 0 spiro atoms. The molecule has 88 valence electrons. The van der Waals surface area contributed by atoms with E-state index < -0.39 is 5.97 Å². The van der Waals surface area contributed by atoms with Crippen molar-refractivity contribution in [1.82, 2.24) is 4.98 Å². The van der Waals surface area contributed by atoms with E-state index in [4.69, 9.17) is 5.11 Å². The molecule has 0 aromatic carbocycles. The van der Waals surface area contributed by atoms with Gasteiger partial charge in [0.05, 0.1) is 5.69 Å². The first-order chi connectivity index (χ1) is 7.63. The second kappa shape index (κ2) is 6.53. The van der Waals surface area contributed by atoms with Crippen LogP contribution in [0.3, 0.4) is 0 Å². The lowest BCUT2D eigenvalue weighted by molar-refractivity contribution is 0.0690. The van der Waals surface area contributed by atoms with E-state index in [1.807, 2.05) is 6.07 Å². The summed E-state index contributed by atoms with van der Waals surface area (Å²) in [7, 11) is 0. The van der Waals surface area contributed by atoms with Crippen LogP contribution in [0.1, 0.15) is 36.5 Å². The maximum absolute atomic E-state index is 10.7. The number of carboxylic acid groups (broad SMARTS) is 1. The van der Waals surface area contributed by atoms with Gasteiger partial charge in [0.15, 0.2) is 0 Å². The van der Waals surface area contributed by atoms with Crippen LogP contribution in [-0.2, 0) is 5.75 Å². The van der Waals surface area contributed by atoms with Crippen molar-refractivity contribution in [1.29, 1.82) is 0 Å². The molecule has 1 aromatic rings. The second-order valence-electron chi connectivity index (χ2n) is 3.85. The van der Waals surface area contributed by atoms with Gasteiger partial charge in [-0.25, -0.2) is 9.78 Å². The maximum Gasteiger partial charge on any atom is 0.354 e. The summed E-state index contributed by atoms with van der Waals surface area (Å²) in [5, 5.41) is 8.79. The lowest BCUT2D eigenvalue weighted by Gasteiger charge is -2.07. The molecular formula is C12H17NO2S. The highest BCUT2D eigenvalue weighted by Crippen LogP contribution is 2.16. The monoisotopic (exact) mass is 239 g/mol. The van der Waals surface area contributed by atoms with Crippen molar-refractivity contribution in [2.75, 3.05) is 5.75 Å². The van der Waals surface area contributed by atoms with Crippen LogP contribution in [0.5, 0.6) is 0 Å². The molecule has 0 aliphatic carbocycles. The van der Waals surface area contributed by atoms with Crippen molar-refractivity contribution in [3.05, 3.63) is 29.6 Å². The van der Waals surface area contributed by atoms with E-state index in [-0.39, 0.29) is 5.69 Å². The Bertz CT molecular complexity index is 355. The molecule has 3 nitrogen and oxygen atoms in total. The Balaban J connectivity index is 2.48. The summed E-state index contributed by atoms with van der Waals surface area (Å²) < 4.78 is 0. The molecule has 1 aromatic heterocycles. The summed E-state index contributed by atoms with van der Waals surface area (Å²) in [6.45, 7) is 4.39. The molecule has 4 heteroatoms. The van der Waals surface area contributed by atoms with Crippen molar-refractivity contribution in [3.8, 4) is 0 Å². The normalized spacial score (nSPS) is 12.4. The number of hydrogen-bond donors (Lipinski definition) is 1. The van der Waals surface area contributed by atoms with E-state index in [1.54, 1.807) is 17.8 Å². The molecule has 0 saturated heterocycles. The van der Waals surface area contributed by atoms with Gasteiger partial charge >= 0.3 is 5.97 Å². The van der Waals surface area contributed by atoms with Crippen molar-refractivity contribution in [2.24, 2.45) is 5.92 Å². The average Bonchev–Trinajstić information content (AvgIpc) is 2.29. The number of rotatable bonds is 6. The average molecular weight is 239 g/mol. The van der Waals surface area contributed by atoms with Gasteiger partial charge in [0, 0.05) is 5.75 Å². The topological polar surface area (TPSA) is 50.2 Å². The molecule has 0 fully saturated rings. The molecule has 1 unspecified atom stereocenters. The minimum atomic E-state index is -0.964. The van der Waals surface area contributed by atoms with Crippen LogP contribution < -0.4 is 0 Å². The fraction of sp³-hybridized carbons (Fsp3) is 0.500. The lowest BCUT2D eigenvalue weighted by Crippen LogP contribution is -2.02. The summed E-state index contributed by atoms with van der Waals surface area (Å²) in [4.78, 5) is 14.8. The lowest BCUT2D eigenvalue weighted by atomic mass is 10.2. The highest BCUT2D eigenvalue weighted by molar-refractivity contribution is 7.98. The maximum atomic E-state index is 10.7. The van der Waals surface area contributed by atoms with Crippen molar-refractivity contribution in [2.45, 2.75) is 26.0 Å². The molecule has 1 atom stereocenters. The van der Waals surface area contributed by atoms with Gasteiger partial charge in [-0.3, -0.25) is 0 Å². The number of hydrogen-bond acceptors (Lipinski definition) is 3. The number of aromatic carboxylic acids is 1. The Labute approximate surface area is 100 Å². The summed E-state index contributed by atoms with van der Waals surface area (Å²) in [5.41, 5.74) is 0.967. The highest BCUT2D eigenvalue weighted by Gasteiger charge is 2.05. The molecule has 1 rings (SSSR count). The number of thioether (sulfide) groups is 1. The minimum absolute atomic E-state index is 0.127. The van der Waals surface area contributed by atoms with Gasteiger partial charge in [-0.1, -0.05) is 26.3 Å². The van der Waals surface area contributed by atoms with Crippen molar-refractivity contribution in [3.63, 3.8) is 0 Å². The molecule has 0 radical (unpaired) electrons. The quantitative estimate of drug-likeness (QED) is 0.829. The van der Waals surface area contributed by atoms with E-state index in [0.717, 1.165) is 17.2 Å². The van der Waals surface area contributed by atoms with E-state index >= 15 is 0 Å². The predicted octanol–water partition coefficient (Wildman–Crippen LogP) is 3.06. The first-order valence-corrected chi connectivity index (χ1v) is 6.56. The SMILES string of the molecule is CCC(C)CSCc1cccc(C(=O)O)n1. The Kier molecular flexibility index (Phi) is 5.32. The molecular weight excluding hydrogens is 222 g/mol. The first-order valence-electron chi connectivity index (χ1n) is 5.40. The summed E-state index contributed by atoms with van der Waals surface area (Å²) >= 11 is 1.80. The van der Waals surface area contributed by atoms with Crippen LogP contribution >= 0.6 is 11.8 Å². The molecule has 0 aliphatic rings. The Hall–Kier alpha value is -1.03. The summed E-state index contributed by atoms with van der Waals surface area (Å²) in [5.74, 6) is 1.61. The fourth-order valence-electron chi connectivity index (χ4n) is 1.16. The minimum Gasteiger partial charge on any atom is -0.477 e. The molecule has 16 heavy (non-hydrogen) atoms. The Morgan fingerprint density at radius 2 is 2.31 bits per heavy atom. The zero-order valence-corrected chi connectivity index (χ0v) is 10.5. The molecule has 0 saturated carbocycles. The van der Waals surface area contributed by atoms with Crippen LogP contribution in [0, 0.1) is 5.92 Å². The van der Waals surface area contributed by atoms with Crippen LogP contribution in [0.2, 0.25) is 0 Å². The van der Waals surface area contributed by atoms with Crippen molar-refractivity contribution >= 4 is 17.7 Å². The third-order valence-electron chi connectivity index (χ3n) is 2.38. The number of carboxylic acids is 1. The second-order valence-corrected chi connectivity index (χ2v) is 4.88. The zero-order valence-electron chi connectivity index (χ0n) is 9.64. The van der Waals surface area contributed by atoms with Crippen LogP contribution in [-0.4, -0.2) is 21.8 Å². The third kappa shape index (κ3) is 4.23. The zero-order chi connectivity index (χ0) is 12.0. The molecule has 1 heterocycles. The standard InChI is InChI=1S/C12H17NO2S/c1-3-9(2)7-16-8-10-5-4-6-11(13-10)12(14)15/h4-6,9H,3,7-8H2,1-2H3,(H,14,15). The molecule has 1 N–H and O–H groups in total. The van der Waals surface area contributed by atoms with Gasteiger partial charge < -0.3 is 5.11 Å². The molecule has 0 bridgehead atoms. The summed E-state index contributed by atoms with van der Waals surface area (Å²) in [6.07, 6.45) is 1.18. The first kappa shape index (κ1) is 13.0. The molecule has 0 aliphatic heterocycles. The van der Waals surface area contributed by atoms with Crippen molar-refractivity contribution < 1.29 is 9.90 Å². The molecule has 0 amide bonds.